The normalized spacial score (nSPS) is 24.2. The Morgan fingerprint density at radius 2 is 2.08 bits per heavy atom. The summed E-state index contributed by atoms with van der Waals surface area (Å²) in [6.45, 7) is 2.09. The SMILES string of the molecule is C[C@H](NC1=NC=CC(N)(c2cc(C3CC3)[nH]n2)N1)c1ccccc1. The molecule has 124 valence electrons. The Balaban J connectivity index is 1.48. The molecule has 5 N–H and O–H groups in total. The Labute approximate surface area is 141 Å². The number of guanidine groups is 1. The van der Waals surface area contributed by atoms with Gasteiger partial charge < -0.3 is 16.4 Å². The molecule has 2 aromatic rings. The third-order valence-corrected chi connectivity index (χ3v) is 4.56. The molecule has 4 rings (SSSR count). The molecule has 1 aliphatic carbocycles. The van der Waals surface area contributed by atoms with Crippen LogP contribution in [0, 0.1) is 0 Å². The molecule has 0 spiro atoms. The van der Waals surface area contributed by atoms with E-state index in [-0.39, 0.29) is 6.04 Å². The number of hydrogen-bond donors (Lipinski definition) is 4. The molecule has 1 aliphatic heterocycles. The predicted molar refractivity (Wildman–Crippen MR) is 94.1 cm³/mol. The first-order valence-corrected chi connectivity index (χ1v) is 8.34. The number of nitrogens with two attached hydrogens (primary N) is 1. The van der Waals surface area contributed by atoms with Crippen molar-refractivity contribution in [1.82, 2.24) is 20.8 Å². The highest BCUT2D eigenvalue weighted by atomic mass is 15.3. The van der Waals surface area contributed by atoms with E-state index in [1.165, 1.54) is 24.1 Å². The molecule has 2 heterocycles. The zero-order chi connectivity index (χ0) is 16.6. The van der Waals surface area contributed by atoms with E-state index in [1.807, 2.05) is 24.3 Å². The van der Waals surface area contributed by atoms with Crippen molar-refractivity contribution in [2.45, 2.75) is 37.4 Å². The summed E-state index contributed by atoms with van der Waals surface area (Å²) in [6, 6.07) is 12.4. The van der Waals surface area contributed by atoms with Gasteiger partial charge >= 0.3 is 0 Å². The minimum atomic E-state index is -0.857. The van der Waals surface area contributed by atoms with Gasteiger partial charge in [-0.15, -0.1) is 0 Å². The van der Waals surface area contributed by atoms with Crippen LogP contribution in [-0.4, -0.2) is 16.2 Å². The van der Waals surface area contributed by atoms with Crippen molar-refractivity contribution in [3.63, 3.8) is 0 Å². The van der Waals surface area contributed by atoms with E-state index in [0.29, 0.717) is 11.9 Å². The molecule has 24 heavy (non-hydrogen) atoms. The minimum absolute atomic E-state index is 0.120. The maximum absolute atomic E-state index is 6.52. The molecule has 6 nitrogen and oxygen atoms in total. The lowest BCUT2D eigenvalue weighted by molar-refractivity contribution is 0.480. The van der Waals surface area contributed by atoms with E-state index >= 15 is 0 Å². The first-order valence-electron chi connectivity index (χ1n) is 8.34. The Morgan fingerprint density at radius 1 is 1.29 bits per heavy atom. The smallest absolute Gasteiger partial charge is 0.198 e. The minimum Gasteiger partial charge on any atom is -0.350 e. The molecule has 1 saturated carbocycles. The van der Waals surface area contributed by atoms with Gasteiger partial charge in [0.15, 0.2) is 11.6 Å². The summed E-state index contributed by atoms with van der Waals surface area (Å²) in [6.07, 6.45) is 6.01. The fourth-order valence-corrected chi connectivity index (χ4v) is 2.90. The zero-order valence-corrected chi connectivity index (χ0v) is 13.7. The lowest BCUT2D eigenvalue weighted by atomic mass is 10.1. The summed E-state index contributed by atoms with van der Waals surface area (Å²) in [5.41, 5.74) is 8.80. The Morgan fingerprint density at radius 3 is 2.83 bits per heavy atom. The van der Waals surface area contributed by atoms with Gasteiger partial charge in [-0.1, -0.05) is 30.3 Å². The molecule has 0 radical (unpaired) electrons. The van der Waals surface area contributed by atoms with Crippen LogP contribution in [0.5, 0.6) is 0 Å². The van der Waals surface area contributed by atoms with Crippen molar-refractivity contribution in [1.29, 1.82) is 0 Å². The van der Waals surface area contributed by atoms with E-state index in [0.717, 1.165) is 5.69 Å². The maximum atomic E-state index is 6.52. The third kappa shape index (κ3) is 2.92. The van der Waals surface area contributed by atoms with E-state index < -0.39 is 5.66 Å². The molecule has 0 amide bonds. The van der Waals surface area contributed by atoms with Gasteiger partial charge in [-0.2, -0.15) is 5.10 Å². The van der Waals surface area contributed by atoms with Crippen LogP contribution < -0.4 is 16.4 Å². The van der Waals surface area contributed by atoms with Crippen molar-refractivity contribution in [3.8, 4) is 0 Å². The summed E-state index contributed by atoms with van der Waals surface area (Å²) in [4.78, 5) is 4.37. The third-order valence-electron chi connectivity index (χ3n) is 4.56. The van der Waals surface area contributed by atoms with Crippen molar-refractivity contribution < 1.29 is 0 Å². The quantitative estimate of drug-likeness (QED) is 0.695. The largest absolute Gasteiger partial charge is 0.350 e. The molecule has 6 heteroatoms. The van der Waals surface area contributed by atoms with Crippen LogP contribution in [0.2, 0.25) is 0 Å². The van der Waals surface area contributed by atoms with Crippen molar-refractivity contribution in [2.24, 2.45) is 10.7 Å². The van der Waals surface area contributed by atoms with Gasteiger partial charge in [0.2, 0.25) is 0 Å². The summed E-state index contributed by atoms with van der Waals surface area (Å²) < 4.78 is 0. The topological polar surface area (TPSA) is 91.1 Å². The van der Waals surface area contributed by atoms with E-state index in [4.69, 9.17) is 5.73 Å². The number of aliphatic imine (C=N–C) groups is 1. The van der Waals surface area contributed by atoms with Crippen LogP contribution in [0.3, 0.4) is 0 Å². The summed E-state index contributed by atoms with van der Waals surface area (Å²) in [7, 11) is 0. The second-order valence-corrected chi connectivity index (χ2v) is 6.55. The molecule has 1 aromatic carbocycles. The monoisotopic (exact) mass is 322 g/mol. The maximum Gasteiger partial charge on any atom is 0.198 e. The number of aromatic amines is 1. The number of nitrogens with one attached hydrogen (secondary N) is 3. The predicted octanol–water partition coefficient (Wildman–Crippen LogP) is 2.22. The molecule has 1 unspecified atom stereocenters. The highest BCUT2D eigenvalue weighted by Gasteiger charge is 2.33. The average molecular weight is 322 g/mol. The number of nitrogens with zero attached hydrogens (tertiary/aromatic N) is 2. The van der Waals surface area contributed by atoms with Crippen molar-refractivity contribution >= 4 is 5.96 Å². The van der Waals surface area contributed by atoms with Gasteiger partial charge in [0.1, 0.15) is 5.69 Å². The van der Waals surface area contributed by atoms with Crippen LogP contribution in [-0.2, 0) is 5.66 Å². The molecule has 2 atom stereocenters. The second-order valence-electron chi connectivity index (χ2n) is 6.55. The van der Waals surface area contributed by atoms with Crippen molar-refractivity contribution in [2.75, 3.05) is 0 Å². The Kier molecular flexibility index (Phi) is 3.61. The van der Waals surface area contributed by atoms with E-state index in [2.05, 4.69) is 50.9 Å². The number of benzene rings is 1. The number of aromatic nitrogens is 2. The van der Waals surface area contributed by atoms with Gasteiger partial charge in [-0.05, 0) is 37.5 Å². The van der Waals surface area contributed by atoms with Gasteiger partial charge in [-0.25, -0.2) is 4.99 Å². The Hall–Kier alpha value is -2.60. The first kappa shape index (κ1) is 15.0. The number of rotatable bonds is 4. The summed E-state index contributed by atoms with van der Waals surface area (Å²) in [5, 5.41) is 14.1. The van der Waals surface area contributed by atoms with E-state index in [9.17, 15) is 0 Å². The summed E-state index contributed by atoms with van der Waals surface area (Å²) in [5.74, 6) is 1.26. The van der Waals surface area contributed by atoms with Crippen LogP contribution in [0.25, 0.3) is 0 Å². The van der Waals surface area contributed by atoms with E-state index in [1.54, 1.807) is 6.20 Å². The highest BCUT2D eigenvalue weighted by molar-refractivity contribution is 5.83. The van der Waals surface area contributed by atoms with Crippen LogP contribution in [0.1, 0.15) is 48.7 Å². The molecule has 0 saturated heterocycles. The molecule has 1 fully saturated rings. The Bertz CT molecular complexity index is 774. The van der Waals surface area contributed by atoms with Gasteiger partial charge in [0.05, 0.1) is 6.04 Å². The number of H-pyrrole nitrogens is 1. The fourth-order valence-electron chi connectivity index (χ4n) is 2.90. The standard InChI is InChI=1S/C18H22N6/c1-12(13-5-3-2-4-6-13)21-17-20-10-9-18(19,22-17)16-11-15(23-24-16)14-7-8-14/h2-6,9-12,14H,7-8,19H2,1H3,(H,23,24)(H2,20,21,22)/t12-,18?/m0/s1. The lowest BCUT2D eigenvalue weighted by Gasteiger charge is -2.31. The summed E-state index contributed by atoms with van der Waals surface area (Å²) >= 11 is 0. The van der Waals surface area contributed by atoms with Crippen LogP contribution in [0.4, 0.5) is 0 Å². The number of hydrogen-bond acceptors (Lipinski definition) is 5. The lowest BCUT2D eigenvalue weighted by Crippen LogP contribution is -2.57. The van der Waals surface area contributed by atoms with Crippen LogP contribution in [0.15, 0.2) is 53.7 Å². The van der Waals surface area contributed by atoms with Crippen molar-refractivity contribution in [3.05, 3.63) is 65.6 Å². The fraction of sp³-hybridized carbons (Fsp3) is 0.333. The molecule has 0 bridgehead atoms. The zero-order valence-electron chi connectivity index (χ0n) is 13.7. The van der Waals surface area contributed by atoms with Gasteiger partial charge in [0, 0.05) is 17.8 Å². The average Bonchev–Trinajstić information content (AvgIpc) is 3.32. The highest BCUT2D eigenvalue weighted by Crippen LogP contribution is 2.39. The second kappa shape index (κ2) is 5.79. The first-order chi connectivity index (χ1) is 11.6. The van der Waals surface area contributed by atoms with Crippen LogP contribution >= 0.6 is 0 Å². The molecular formula is C18H22N6. The molecule has 1 aromatic heterocycles. The van der Waals surface area contributed by atoms with Gasteiger partial charge in [-0.3, -0.25) is 5.10 Å². The van der Waals surface area contributed by atoms with Gasteiger partial charge in [0.25, 0.3) is 0 Å². The molecular weight excluding hydrogens is 300 g/mol. The molecule has 2 aliphatic rings.